The van der Waals surface area contributed by atoms with Crippen molar-refractivity contribution in [3.05, 3.63) is 35.4 Å². The average molecular weight is 247 g/mol. The van der Waals surface area contributed by atoms with Gasteiger partial charge in [0.2, 0.25) is 0 Å². The number of benzene rings is 1. The Kier molecular flexibility index (Phi) is 4.39. The number of anilines is 1. The fraction of sp³-hybridized carbons (Fsp3) is 0.467. The van der Waals surface area contributed by atoms with Crippen LogP contribution >= 0.6 is 0 Å². The van der Waals surface area contributed by atoms with Gasteiger partial charge in [-0.3, -0.25) is 0 Å². The summed E-state index contributed by atoms with van der Waals surface area (Å²) in [5, 5.41) is 18.5. The van der Waals surface area contributed by atoms with Gasteiger partial charge in [-0.15, -0.1) is 0 Å². The van der Waals surface area contributed by atoms with Crippen LogP contribution in [0.2, 0.25) is 0 Å². The van der Waals surface area contributed by atoms with Crippen molar-refractivity contribution in [2.45, 2.75) is 31.6 Å². The van der Waals surface area contributed by atoms with Crippen molar-refractivity contribution in [1.82, 2.24) is 0 Å². The highest BCUT2D eigenvalue weighted by Crippen LogP contribution is 2.32. The van der Waals surface area contributed by atoms with E-state index in [0.29, 0.717) is 0 Å². The Hall–Kier alpha value is -1.32. The minimum absolute atomic E-state index is 0.0428. The lowest BCUT2D eigenvalue weighted by Crippen LogP contribution is -2.10. The first kappa shape index (κ1) is 13.1. The predicted octanol–water partition coefficient (Wildman–Crippen LogP) is 2.29. The van der Waals surface area contributed by atoms with E-state index in [1.165, 1.54) is 18.4 Å². The molecule has 0 fully saturated rings. The molecule has 0 unspecified atom stereocenters. The van der Waals surface area contributed by atoms with Crippen LogP contribution < -0.4 is 5.73 Å². The lowest BCUT2D eigenvalue weighted by molar-refractivity contribution is 0.192. The summed E-state index contributed by atoms with van der Waals surface area (Å²) in [6.45, 7) is -0.0855. The van der Waals surface area contributed by atoms with E-state index in [2.05, 4.69) is 6.08 Å². The van der Waals surface area contributed by atoms with Crippen molar-refractivity contribution >= 4 is 11.3 Å². The van der Waals surface area contributed by atoms with Gasteiger partial charge in [0, 0.05) is 17.2 Å². The van der Waals surface area contributed by atoms with Gasteiger partial charge in [-0.05, 0) is 49.0 Å². The van der Waals surface area contributed by atoms with Crippen molar-refractivity contribution in [3.63, 3.8) is 0 Å². The second-order valence-electron chi connectivity index (χ2n) is 4.88. The van der Waals surface area contributed by atoms with Crippen molar-refractivity contribution in [2.24, 2.45) is 0 Å². The average Bonchev–Trinajstić information content (AvgIpc) is 2.43. The Morgan fingerprint density at radius 3 is 2.56 bits per heavy atom. The number of aliphatic hydroxyl groups excluding tert-OH is 2. The SMILES string of the molecule is Nc1ccc(C(CO)CO)cc1C1=CCCCC1. The molecule has 1 aromatic rings. The van der Waals surface area contributed by atoms with Gasteiger partial charge in [-0.1, -0.05) is 12.1 Å². The summed E-state index contributed by atoms with van der Waals surface area (Å²) in [6.07, 6.45) is 6.89. The Morgan fingerprint density at radius 2 is 1.94 bits per heavy atom. The van der Waals surface area contributed by atoms with Crippen LogP contribution in [0.5, 0.6) is 0 Å². The van der Waals surface area contributed by atoms with E-state index in [-0.39, 0.29) is 19.1 Å². The van der Waals surface area contributed by atoms with Crippen molar-refractivity contribution in [1.29, 1.82) is 0 Å². The first-order valence-corrected chi connectivity index (χ1v) is 6.56. The van der Waals surface area contributed by atoms with Crippen LogP contribution in [-0.2, 0) is 0 Å². The molecule has 0 saturated heterocycles. The summed E-state index contributed by atoms with van der Waals surface area (Å²) in [7, 11) is 0. The molecular formula is C15H21NO2. The Balaban J connectivity index is 2.34. The molecule has 0 saturated carbocycles. The molecule has 0 amide bonds. The van der Waals surface area contributed by atoms with Crippen LogP contribution in [-0.4, -0.2) is 23.4 Å². The van der Waals surface area contributed by atoms with E-state index in [0.717, 1.165) is 29.7 Å². The minimum atomic E-state index is -0.214. The van der Waals surface area contributed by atoms with Crippen molar-refractivity contribution < 1.29 is 10.2 Å². The zero-order chi connectivity index (χ0) is 13.0. The molecule has 2 rings (SSSR count). The van der Waals surface area contributed by atoms with Crippen LogP contribution in [0, 0.1) is 0 Å². The minimum Gasteiger partial charge on any atom is -0.398 e. The van der Waals surface area contributed by atoms with Gasteiger partial charge < -0.3 is 15.9 Å². The smallest absolute Gasteiger partial charge is 0.0521 e. The molecule has 4 N–H and O–H groups in total. The molecule has 0 aliphatic heterocycles. The van der Waals surface area contributed by atoms with Crippen LogP contribution in [0.3, 0.4) is 0 Å². The van der Waals surface area contributed by atoms with Gasteiger partial charge >= 0.3 is 0 Å². The van der Waals surface area contributed by atoms with Gasteiger partial charge in [0.05, 0.1) is 13.2 Å². The summed E-state index contributed by atoms with van der Waals surface area (Å²) < 4.78 is 0. The molecule has 0 spiro atoms. The monoisotopic (exact) mass is 247 g/mol. The number of aliphatic hydroxyl groups is 2. The predicted molar refractivity (Wildman–Crippen MR) is 74.2 cm³/mol. The molecule has 1 aliphatic carbocycles. The lowest BCUT2D eigenvalue weighted by Gasteiger charge is -2.18. The molecule has 0 atom stereocenters. The maximum absolute atomic E-state index is 9.24. The summed E-state index contributed by atoms with van der Waals surface area (Å²) in [5.74, 6) is -0.214. The zero-order valence-electron chi connectivity index (χ0n) is 10.6. The van der Waals surface area contributed by atoms with Gasteiger partial charge in [-0.2, -0.15) is 0 Å². The highest BCUT2D eigenvalue weighted by Gasteiger charge is 2.14. The van der Waals surface area contributed by atoms with Gasteiger partial charge in [0.1, 0.15) is 0 Å². The number of allylic oxidation sites excluding steroid dienone is 2. The zero-order valence-corrected chi connectivity index (χ0v) is 10.6. The molecule has 0 bridgehead atoms. The van der Waals surface area contributed by atoms with Crippen LogP contribution in [0.1, 0.15) is 42.7 Å². The third kappa shape index (κ3) is 2.74. The number of nitrogen functional groups attached to an aromatic ring is 1. The first-order valence-electron chi connectivity index (χ1n) is 6.56. The third-order valence-corrected chi connectivity index (χ3v) is 3.63. The summed E-state index contributed by atoms with van der Waals surface area (Å²) in [6, 6.07) is 5.78. The molecule has 1 aromatic carbocycles. The van der Waals surface area contributed by atoms with Crippen molar-refractivity contribution in [2.75, 3.05) is 18.9 Å². The van der Waals surface area contributed by atoms with Gasteiger partial charge in [0.25, 0.3) is 0 Å². The third-order valence-electron chi connectivity index (χ3n) is 3.63. The molecule has 0 heterocycles. The van der Waals surface area contributed by atoms with E-state index < -0.39 is 0 Å². The van der Waals surface area contributed by atoms with Gasteiger partial charge in [-0.25, -0.2) is 0 Å². The Bertz CT molecular complexity index is 436. The maximum Gasteiger partial charge on any atom is 0.0521 e. The highest BCUT2D eigenvalue weighted by atomic mass is 16.3. The fourth-order valence-electron chi connectivity index (χ4n) is 2.46. The normalized spacial score (nSPS) is 15.8. The van der Waals surface area contributed by atoms with Gasteiger partial charge in [0.15, 0.2) is 0 Å². The fourth-order valence-corrected chi connectivity index (χ4v) is 2.46. The van der Waals surface area contributed by atoms with E-state index in [9.17, 15) is 10.2 Å². The molecule has 18 heavy (non-hydrogen) atoms. The Morgan fingerprint density at radius 1 is 1.17 bits per heavy atom. The quantitative estimate of drug-likeness (QED) is 0.715. The first-order chi connectivity index (χ1) is 8.76. The van der Waals surface area contributed by atoms with E-state index in [4.69, 9.17) is 5.73 Å². The molecule has 1 aliphatic rings. The second-order valence-corrected chi connectivity index (χ2v) is 4.88. The number of hydrogen-bond acceptors (Lipinski definition) is 3. The van der Waals surface area contributed by atoms with E-state index >= 15 is 0 Å². The van der Waals surface area contributed by atoms with Crippen molar-refractivity contribution in [3.8, 4) is 0 Å². The number of rotatable bonds is 4. The number of nitrogens with two attached hydrogens (primary N) is 1. The summed E-state index contributed by atoms with van der Waals surface area (Å²) in [5.41, 5.74) is 10.1. The highest BCUT2D eigenvalue weighted by molar-refractivity contribution is 5.76. The standard InChI is InChI=1S/C15H21NO2/c16-15-7-6-12(13(9-17)10-18)8-14(15)11-4-2-1-3-5-11/h4,6-8,13,17-18H,1-3,5,9-10,16H2. The van der Waals surface area contributed by atoms with Crippen LogP contribution in [0.25, 0.3) is 5.57 Å². The second kappa shape index (κ2) is 6.03. The maximum atomic E-state index is 9.24. The summed E-state index contributed by atoms with van der Waals surface area (Å²) in [4.78, 5) is 0. The molecular weight excluding hydrogens is 226 g/mol. The lowest BCUT2D eigenvalue weighted by atomic mass is 9.89. The summed E-state index contributed by atoms with van der Waals surface area (Å²) >= 11 is 0. The molecule has 3 nitrogen and oxygen atoms in total. The molecule has 0 radical (unpaired) electrons. The van der Waals surface area contributed by atoms with E-state index in [1.807, 2.05) is 18.2 Å². The van der Waals surface area contributed by atoms with E-state index in [1.54, 1.807) is 0 Å². The number of hydrogen-bond donors (Lipinski definition) is 3. The van der Waals surface area contributed by atoms with Crippen LogP contribution in [0.4, 0.5) is 5.69 Å². The molecule has 3 heteroatoms. The van der Waals surface area contributed by atoms with Crippen LogP contribution in [0.15, 0.2) is 24.3 Å². The Labute approximate surface area is 108 Å². The molecule has 98 valence electrons. The molecule has 0 aromatic heterocycles. The largest absolute Gasteiger partial charge is 0.398 e. The topological polar surface area (TPSA) is 66.5 Å².